The van der Waals surface area contributed by atoms with E-state index in [9.17, 15) is 14.4 Å². The number of aryl methyl sites for hydroxylation is 1. The highest BCUT2D eigenvalue weighted by atomic mass is 16.5. The van der Waals surface area contributed by atoms with E-state index in [1.54, 1.807) is 11.8 Å². The smallest absolute Gasteiger partial charge is 0.312 e. The van der Waals surface area contributed by atoms with Crippen molar-refractivity contribution in [2.45, 2.75) is 70.9 Å². The lowest BCUT2D eigenvalue weighted by Gasteiger charge is -2.24. The van der Waals surface area contributed by atoms with Crippen molar-refractivity contribution >= 4 is 23.5 Å². The third kappa shape index (κ3) is 4.91. The topological polar surface area (TPSA) is 75.7 Å². The van der Waals surface area contributed by atoms with E-state index < -0.39 is 18.0 Å². The first-order valence-corrected chi connectivity index (χ1v) is 10.4. The Morgan fingerprint density at radius 1 is 1.18 bits per heavy atom. The number of amides is 2. The van der Waals surface area contributed by atoms with E-state index >= 15 is 0 Å². The Labute approximate surface area is 166 Å². The van der Waals surface area contributed by atoms with Gasteiger partial charge in [-0.25, -0.2) is 0 Å². The van der Waals surface area contributed by atoms with Crippen LogP contribution in [0.5, 0.6) is 0 Å². The molecule has 1 aliphatic heterocycles. The summed E-state index contributed by atoms with van der Waals surface area (Å²) in [5.74, 6) is -1.36. The van der Waals surface area contributed by atoms with Crippen LogP contribution in [0.1, 0.15) is 57.9 Å². The maximum atomic E-state index is 12.5. The molecule has 28 heavy (non-hydrogen) atoms. The van der Waals surface area contributed by atoms with E-state index in [1.165, 1.54) is 12.0 Å². The molecule has 0 bridgehead atoms. The molecule has 3 rings (SSSR count). The third-order valence-electron chi connectivity index (χ3n) is 5.73. The lowest BCUT2D eigenvalue weighted by molar-refractivity contribution is -0.158. The van der Waals surface area contributed by atoms with Crippen molar-refractivity contribution in [1.29, 1.82) is 0 Å². The minimum absolute atomic E-state index is 0.0921. The Kier molecular flexibility index (Phi) is 6.70. The Bertz CT molecular complexity index is 710. The molecule has 1 heterocycles. The van der Waals surface area contributed by atoms with Crippen LogP contribution in [0.3, 0.4) is 0 Å². The average molecular weight is 386 g/mol. The van der Waals surface area contributed by atoms with Gasteiger partial charge in [0.1, 0.15) is 0 Å². The van der Waals surface area contributed by atoms with Gasteiger partial charge in [-0.15, -0.1) is 0 Å². The number of nitrogens with one attached hydrogen (secondary N) is 1. The largest absolute Gasteiger partial charge is 0.452 e. The van der Waals surface area contributed by atoms with Crippen LogP contribution in [0.25, 0.3) is 0 Å². The minimum atomic E-state index is -0.845. The molecule has 1 aromatic carbocycles. The molecule has 152 valence electrons. The van der Waals surface area contributed by atoms with E-state index in [0.717, 1.165) is 37.8 Å². The second-order valence-electron chi connectivity index (χ2n) is 7.85. The van der Waals surface area contributed by atoms with Gasteiger partial charge in [-0.2, -0.15) is 0 Å². The first-order chi connectivity index (χ1) is 13.5. The molecule has 0 aromatic heterocycles. The van der Waals surface area contributed by atoms with Crippen molar-refractivity contribution in [2.24, 2.45) is 5.92 Å². The number of anilines is 1. The quantitative estimate of drug-likeness (QED) is 0.763. The predicted molar refractivity (Wildman–Crippen MR) is 107 cm³/mol. The number of carbonyl (C=O) groups is 3. The second-order valence-corrected chi connectivity index (χ2v) is 7.85. The number of esters is 1. The molecule has 6 heteroatoms. The summed E-state index contributed by atoms with van der Waals surface area (Å²) in [5.41, 5.74) is 1.99. The van der Waals surface area contributed by atoms with Crippen molar-refractivity contribution in [3.05, 3.63) is 29.8 Å². The standard InChI is InChI=1S/C22H30N2O4/c1-3-16-9-11-19(12-10-16)24-14-17(13-20(24)25)22(27)28-15(2)21(26)23-18-7-5-4-6-8-18/h9-12,15,17-18H,3-8,13-14H2,1-2H3,(H,23,26)/t15-,17-/m1/s1. The molecular formula is C22H30N2O4. The van der Waals surface area contributed by atoms with Gasteiger partial charge in [-0.3, -0.25) is 14.4 Å². The monoisotopic (exact) mass is 386 g/mol. The van der Waals surface area contributed by atoms with Crippen molar-refractivity contribution in [3.8, 4) is 0 Å². The van der Waals surface area contributed by atoms with Crippen LogP contribution in [0.15, 0.2) is 24.3 Å². The zero-order chi connectivity index (χ0) is 20.1. The molecule has 0 unspecified atom stereocenters. The van der Waals surface area contributed by atoms with Crippen LogP contribution >= 0.6 is 0 Å². The SMILES string of the molecule is CCc1ccc(N2C[C@H](C(=O)O[C@H](C)C(=O)NC3CCCCC3)CC2=O)cc1. The van der Waals surface area contributed by atoms with E-state index in [2.05, 4.69) is 12.2 Å². The van der Waals surface area contributed by atoms with Crippen molar-refractivity contribution < 1.29 is 19.1 Å². The highest BCUT2D eigenvalue weighted by Crippen LogP contribution is 2.26. The highest BCUT2D eigenvalue weighted by Gasteiger charge is 2.37. The van der Waals surface area contributed by atoms with E-state index in [-0.39, 0.29) is 24.3 Å². The lowest BCUT2D eigenvalue weighted by atomic mass is 9.95. The molecule has 1 aliphatic carbocycles. The summed E-state index contributed by atoms with van der Waals surface area (Å²) in [6.07, 6.45) is 5.63. The van der Waals surface area contributed by atoms with Crippen molar-refractivity contribution in [1.82, 2.24) is 5.32 Å². The normalized spacial score (nSPS) is 21.4. The van der Waals surface area contributed by atoms with Crippen LogP contribution in [-0.4, -0.2) is 36.5 Å². The van der Waals surface area contributed by atoms with Gasteiger partial charge >= 0.3 is 5.97 Å². The number of hydrogen-bond acceptors (Lipinski definition) is 4. The second kappa shape index (κ2) is 9.22. The summed E-state index contributed by atoms with van der Waals surface area (Å²) in [7, 11) is 0. The molecule has 1 N–H and O–H groups in total. The molecule has 2 atom stereocenters. The maximum absolute atomic E-state index is 12.5. The van der Waals surface area contributed by atoms with E-state index in [4.69, 9.17) is 4.74 Å². The summed E-state index contributed by atoms with van der Waals surface area (Å²) < 4.78 is 5.38. The van der Waals surface area contributed by atoms with Crippen molar-refractivity contribution in [3.63, 3.8) is 0 Å². The van der Waals surface area contributed by atoms with E-state index in [0.29, 0.717) is 6.54 Å². The number of carbonyl (C=O) groups excluding carboxylic acids is 3. The third-order valence-corrected chi connectivity index (χ3v) is 5.73. The Balaban J connectivity index is 1.52. The first-order valence-electron chi connectivity index (χ1n) is 10.4. The van der Waals surface area contributed by atoms with Gasteiger partial charge < -0.3 is 15.0 Å². The minimum Gasteiger partial charge on any atom is -0.452 e. The van der Waals surface area contributed by atoms with Crippen LogP contribution in [0, 0.1) is 5.92 Å². The Morgan fingerprint density at radius 3 is 2.50 bits per heavy atom. The summed E-state index contributed by atoms with van der Waals surface area (Å²) >= 11 is 0. The molecule has 1 aromatic rings. The van der Waals surface area contributed by atoms with Crippen LogP contribution in [0.4, 0.5) is 5.69 Å². The molecule has 0 spiro atoms. The highest BCUT2D eigenvalue weighted by molar-refractivity contribution is 5.99. The zero-order valence-corrected chi connectivity index (χ0v) is 16.8. The molecule has 1 saturated heterocycles. The summed E-state index contributed by atoms with van der Waals surface area (Å²) in [5, 5.41) is 2.98. The fourth-order valence-electron chi connectivity index (χ4n) is 3.92. The fraction of sp³-hybridized carbons (Fsp3) is 0.591. The molecule has 2 aliphatic rings. The molecule has 2 fully saturated rings. The summed E-state index contributed by atoms with van der Waals surface area (Å²) in [6, 6.07) is 7.98. The van der Waals surface area contributed by atoms with Gasteiger partial charge in [0, 0.05) is 24.7 Å². The van der Waals surface area contributed by atoms with Gasteiger partial charge in [0.15, 0.2) is 6.10 Å². The number of ether oxygens (including phenoxy) is 1. The molecule has 1 saturated carbocycles. The lowest BCUT2D eigenvalue weighted by Crippen LogP contribution is -2.43. The average Bonchev–Trinajstić information content (AvgIpc) is 3.10. The van der Waals surface area contributed by atoms with Crippen LogP contribution < -0.4 is 10.2 Å². The van der Waals surface area contributed by atoms with E-state index in [1.807, 2.05) is 24.3 Å². The van der Waals surface area contributed by atoms with Gasteiger partial charge in [0.2, 0.25) is 5.91 Å². The number of benzene rings is 1. The maximum Gasteiger partial charge on any atom is 0.312 e. The predicted octanol–water partition coefficient (Wildman–Crippen LogP) is 2.98. The number of rotatable bonds is 6. The number of nitrogens with zero attached hydrogens (tertiary/aromatic N) is 1. The zero-order valence-electron chi connectivity index (χ0n) is 16.8. The van der Waals surface area contributed by atoms with Gasteiger partial charge in [-0.05, 0) is 43.9 Å². The molecule has 0 radical (unpaired) electrons. The molecular weight excluding hydrogens is 356 g/mol. The van der Waals surface area contributed by atoms with Crippen LogP contribution in [-0.2, 0) is 25.5 Å². The fourth-order valence-corrected chi connectivity index (χ4v) is 3.92. The van der Waals surface area contributed by atoms with Gasteiger partial charge in [0.25, 0.3) is 5.91 Å². The van der Waals surface area contributed by atoms with Crippen LogP contribution in [0.2, 0.25) is 0 Å². The first kappa shape index (κ1) is 20.4. The molecule has 2 amide bonds. The summed E-state index contributed by atoms with van der Waals surface area (Å²) in [4.78, 5) is 38.8. The van der Waals surface area contributed by atoms with Gasteiger partial charge in [0.05, 0.1) is 5.92 Å². The molecule has 6 nitrogen and oxygen atoms in total. The van der Waals surface area contributed by atoms with Gasteiger partial charge in [-0.1, -0.05) is 38.3 Å². The Morgan fingerprint density at radius 2 is 1.86 bits per heavy atom. The Hall–Kier alpha value is -2.37. The summed E-state index contributed by atoms with van der Waals surface area (Å²) in [6.45, 7) is 3.96. The number of hydrogen-bond donors (Lipinski definition) is 1. The van der Waals surface area contributed by atoms with Crippen molar-refractivity contribution in [2.75, 3.05) is 11.4 Å².